The Balaban J connectivity index is 1.37. The summed E-state index contributed by atoms with van der Waals surface area (Å²) in [5, 5.41) is 30.3. The summed E-state index contributed by atoms with van der Waals surface area (Å²) in [5.41, 5.74) is -0.943. The van der Waals surface area contributed by atoms with Crippen LogP contribution >= 0.6 is 0 Å². The van der Waals surface area contributed by atoms with Crippen LogP contribution in [-0.2, 0) is 16.1 Å². The number of hydrogen-bond donors (Lipinski definition) is 2. The Hall–Kier alpha value is -1.98. The number of nitrogens with zero attached hydrogens (tertiary/aromatic N) is 4. The van der Waals surface area contributed by atoms with Crippen LogP contribution in [0.4, 0.5) is 0 Å². The molecule has 0 aromatic carbocycles. The van der Waals surface area contributed by atoms with Crippen LogP contribution in [0.2, 0.25) is 0 Å². The molecule has 2 N–H and O–H groups in total. The van der Waals surface area contributed by atoms with Gasteiger partial charge in [0.05, 0.1) is 6.07 Å². The SMILES string of the molecule is N#CC1(C(=O)NC2CC(c3nnc(CO)n3C3CC3)C2)CCOCC1. The van der Waals surface area contributed by atoms with Gasteiger partial charge in [0.25, 0.3) is 0 Å². The maximum absolute atomic E-state index is 12.6. The van der Waals surface area contributed by atoms with Crippen molar-refractivity contribution < 1.29 is 14.6 Å². The lowest BCUT2D eigenvalue weighted by Gasteiger charge is -2.38. The molecule has 1 saturated heterocycles. The van der Waals surface area contributed by atoms with Gasteiger partial charge in [0.2, 0.25) is 5.91 Å². The van der Waals surface area contributed by atoms with Crippen LogP contribution in [0, 0.1) is 16.7 Å². The molecule has 1 amide bonds. The van der Waals surface area contributed by atoms with Crippen molar-refractivity contribution in [2.45, 2.75) is 63.1 Å². The van der Waals surface area contributed by atoms with E-state index in [0.29, 0.717) is 37.9 Å². The van der Waals surface area contributed by atoms with Gasteiger partial charge in [-0.1, -0.05) is 0 Å². The summed E-state index contributed by atoms with van der Waals surface area (Å²) in [5.74, 6) is 1.65. The smallest absolute Gasteiger partial charge is 0.240 e. The van der Waals surface area contributed by atoms with Crippen LogP contribution < -0.4 is 5.32 Å². The molecule has 8 heteroatoms. The maximum Gasteiger partial charge on any atom is 0.240 e. The van der Waals surface area contributed by atoms with Crippen molar-refractivity contribution in [1.82, 2.24) is 20.1 Å². The zero-order valence-electron chi connectivity index (χ0n) is 14.1. The molecule has 2 aliphatic carbocycles. The van der Waals surface area contributed by atoms with Gasteiger partial charge in [-0.2, -0.15) is 5.26 Å². The number of carbonyl (C=O) groups excluding carboxylic acids is 1. The summed E-state index contributed by atoms with van der Waals surface area (Å²) < 4.78 is 7.36. The monoisotopic (exact) mass is 345 g/mol. The van der Waals surface area contributed by atoms with Gasteiger partial charge >= 0.3 is 0 Å². The Morgan fingerprint density at radius 2 is 2.08 bits per heavy atom. The number of ether oxygens (including phenoxy) is 1. The fraction of sp³-hybridized carbons (Fsp3) is 0.765. The molecule has 134 valence electrons. The lowest BCUT2D eigenvalue weighted by molar-refractivity contribution is -0.133. The Labute approximate surface area is 146 Å². The van der Waals surface area contributed by atoms with Gasteiger partial charge < -0.3 is 19.7 Å². The highest BCUT2D eigenvalue weighted by atomic mass is 16.5. The molecule has 1 aromatic heterocycles. The molecule has 25 heavy (non-hydrogen) atoms. The average molecular weight is 345 g/mol. The van der Waals surface area contributed by atoms with Crippen LogP contribution in [0.3, 0.4) is 0 Å². The van der Waals surface area contributed by atoms with Gasteiger partial charge in [-0.25, -0.2) is 0 Å². The number of carbonyl (C=O) groups is 1. The summed E-state index contributed by atoms with van der Waals surface area (Å²) in [4.78, 5) is 12.6. The van der Waals surface area contributed by atoms with Crippen molar-refractivity contribution in [3.8, 4) is 6.07 Å². The van der Waals surface area contributed by atoms with Gasteiger partial charge in [-0.05, 0) is 38.5 Å². The van der Waals surface area contributed by atoms with Gasteiger partial charge in [0.15, 0.2) is 5.82 Å². The zero-order chi connectivity index (χ0) is 17.4. The van der Waals surface area contributed by atoms with E-state index in [-0.39, 0.29) is 24.5 Å². The van der Waals surface area contributed by atoms with Gasteiger partial charge in [0.1, 0.15) is 17.8 Å². The molecule has 0 unspecified atom stereocenters. The molecule has 8 nitrogen and oxygen atoms in total. The third-order valence-electron chi connectivity index (χ3n) is 5.68. The van der Waals surface area contributed by atoms with E-state index >= 15 is 0 Å². The molecule has 3 fully saturated rings. The standard InChI is InChI=1S/C17H23N5O3/c18-10-17(3-5-25-6-4-17)16(24)19-12-7-11(8-12)15-21-20-14(9-23)22(15)13-1-2-13/h11-13,23H,1-9H2,(H,19,24). The van der Waals surface area contributed by atoms with Crippen LogP contribution in [0.15, 0.2) is 0 Å². The van der Waals surface area contributed by atoms with Gasteiger partial charge in [-0.3, -0.25) is 4.79 Å². The highest BCUT2D eigenvalue weighted by molar-refractivity contribution is 5.85. The van der Waals surface area contributed by atoms with E-state index in [9.17, 15) is 15.2 Å². The van der Waals surface area contributed by atoms with E-state index in [4.69, 9.17) is 4.74 Å². The minimum Gasteiger partial charge on any atom is -0.388 e. The van der Waals surface area contributed by atoms with E-state index < -0.39 is 5.41 Å². The molecule has 0 spiro atoms. The van der Waals surface area contributed by atoms with Crippen LogP contribution in [0.5, 0.6) is 0 Å². The van der Waals surface area contributed by atoms with Crippen molar-refractivity contribution in [1.29, 1.82) is 5.26 Å². The third kappa shape index (κ3) is 2.92. The predicted molar refractivity (Wildman–Crippen MR) is 86.2 cm³/mol. The molecule has 2 saturated carbocycles. The van der Waals surface area contributed by atoms with Crippen LogP contribution in [-0.4, -0.2) is 45.0 Å². The number of rotatable bonds is 5. The molecule has 0 atom stereocenters. The number of amides is 1. The molecule has 1 aliphatic heterocycles. The lowest BCUT2D eigenvalue weighted by atomic mass is 9.77. The van der Waals surface area contributed by atoms with Crippen molar-refractivity contribution in [3.05, 3.63) is 11.6 Å². The van der Waals surface area contributed by atoms with E-state index in [1.165, 1.54) is 0 Å². The summed E-state index contributed by atoms with van der Waals surface area (Å²) in [6, 6.07) is 2.71. The Bertz CT molecular complexity index is 694. The predicted octanol–water partition coefficient (Wildman–Crippen LogP) is 0.788. The third-order valence-corrected chi connectivity index (χ3v) is 5.68. The van der Waals surface area contributed by atoms with Gasteiger partial charge in [-0.15, -0.1) is 10.2 Å². The molecule has 2 heterocycles. The second-order valence-electron chi connectivity index (χ2n) is 7.38. The Kier molecular flexibility index (Phi) is 4.21. The minimum atomic E-state index is -0.943. The molecule has 3 aliphatic rings. The summed E-state index contributed by atoms with van der Waals surface area (Å²) in [6.07, 6.45) is 4.75. The number of nitrogens with one attached hydrogen (secondary N) is 1. The molecule has 1 aromatic rings. The fourth-order valence-electron chi connectivity index (χ4n) is 3.83. The first-order valence-electron chi connectivity index (χ1n) is 9.01. The molecular formula is C17H23N5O3. The topological polar surface area (TPSA) is 113 Å². The number of aliphatic hydroxyl groups is 1. The minimum absolute atomic E-state index is 0.0764. The molecular weight excluding hydrogens is 322 g/mol. The summed E-state index contributed by atoms with van der Waals surface area (Å²) in [7, 11) is 0. The second kappa shape index (κ2) is 6.39. The lowest BCUT2D eigenvalue weighted by Crippen LogP contribution is -2.51. The largest absolute Gasteiger partial charge is 0.388 e. The Morgan fingerprint density at radius 1 is 1.36 bits per heavy atom. The molecule has 0 radical (unpaired) electrons. The van der Waals surface area contributed by atoms with E-state index in [2.05, 4.69) is 26.2 Å². The van der Waals surface area contributed by atoms with Crippen molar-refractivity contribution in [3.63, 3.8) is 0 Å². The first-order valence-corrected chi connectivity index (χ1v) is 9.01. The molecule has 4 rings (SSSR count). The Morgan fingerprint density at radius 3 is 2.68 bits per heavy atom. The highest BCUT2D eigenvalue weighted by Gasteiger charge is 2.44. The van der Waals surface area contributed by atoms with Crippen molar-refractivity contribution in [2.24, 2.45) is 5.41 Å². The van der Waals surface area contributed by atoms with Crippen LogP contribution in [0.1, 0.15) is 62.1 Å². The second-order valence-corrected chi connectivity index (χ2v) is 7.38. The number of nitriles is 1. The van der Waals surface area contributed by atoms with E-state index in [1.807, 2.05) is 0 Å². The van der Waals surface area contributed by atoms with E-state index in [1.54, 1.807) is 0 Å². The van der Waals surface area contributed by atoms with Crippen LogP contribution in [0.25, 0.3) is 0 Å². The number of hydrogen-bond acceptors (Lipinski definition) is 6. The number of aromatic nitrogens is 3. The average Bonchev–Trinajstić information content (AvgIpc) is 3.37. The normalized spacial score (nSPS) is 28.0. The zero-order valence-corrected chi connectivity index (χ0v) is 14.1. The number of aliphatic hydroxyl groups excluding tert-OH is 1. The van der Waals surface area contributed by atoms with E-state index in [0.717, 1.165) is 31.5 Å². The first kappa shape index (κ1) is 16.5. The summed E-state index contributed by atoms with van der Waals surface area (Å²) in [6.45, 7) is 0.828. The quantitative estimate of drug-likeness (QED) is 0.816. The van der Waals surface area contributed by atoms with Crippen molar-refractivity contribution >= 4 is 5.91 Å². The maximum atomic E-state index is 12.6. The molecule has 0 bridgehead atoms. The van der Waals surface area contributed by atoms with Gasteiger partial charge in [0, 0.05) is 31.2 Å². The fourth-order valence-corrected chi connectivity index (χ4v) is 3.83. The van der Waals surface area contributed by atoms with Crippen molar-refractivity contribution in [2.75, 3.05) is 13.2 Å². The first-order chi connectivity index (χ1) is 12.2. The highest BCUT2D eigenvalue weighted by Crippen LogP contribution is 2.43. The summed E-state index contributed by atoms with van der Waals surface area (Å²) >= 11 is 0.